The molecule has 0 spiro atoms. The molecule has 21 heavy (non-hydrogen) atoms. The SMILES string of the molecule is O=C(O)C1CN(C(=O)NC2CCOC2)c2ccccc2O1. The van der Waals surface area contributed by atoms with Crippen molar-refractivity contribution in [3.05, 3.63) is 24.3 Å². The summed E-state index contributed by atoms with van der Waals surface area (Å²) in [6.07, 6.45) is -0.300. The molecule has 7 nitrogen and oxygen atoms in total. The number of hydrogen-bond acceptors (Lipinski definition) is 4. The van der Waals surface area contributed by atoms with Gasteiger partial charge in [0.2, 0.25) is 6.10 Å². The van der Waals surface area contributed by atoms with Crippen LogP contribution in [0.3, 0.4) is 0 Å². The van der Waals surface area contributed by atoms with E-state index in [-0.39, 0.29) is 18.6 Å². The zero-order valence-electron chi connectivity index (χ0n) is 11.3. The number of carboxylic acid groups (broad SMARTS) is 1. The third kappa shape index (κ3) is 2.78. The third-order valence-electron chi connectivity index (χ3n) is 3.55. The number of fused-ring (bicyclic) bond motifs is 1. The summed E-state index contributed by atoms with van der Waals surface area (Å²) in [6.45, 7) is 1.09. The molecule has 0 aliphatic carbocycles. The van der Waals surface area contributed by atoms with E-state index in [2.05, 4.69) is 5.32 Å². The number of ether oxygens (including phenoxy) is 2. The number of aliphatic carboxylic acids is 1. The minimum absolute atomic E-state index is 0.0221. The summed E-state index contributed by atoms with van der Waals surface area (Å²) in [5.74, 6) is -0.694. The van der Waals surface area contributed by atoms with Gasteiger partial charge in [-0.05, 0) is 18.6 Å². The lowest BCUT2D eigenvalue weighted by Crippen LogP contribution is -2.52. The number of urea groups is 1. The van der Waals surface area contributed by atoms with Gasteiger partial charge in [-0.3, -0.25) is 4.90 Å². The largest absolute Gasteiger partial charge is 0.478 e. The maximum atomic E-state index is 12.4. The number of carboxylic acids is 1. The van der Waals surface area contributed by atoms with Crippen LogP contribution in [0.1, 0.15) is 6.42 Å². The van der Waals surface area contributed by atoms with Gasteiger partial charge in [-0.15, -0.1) is 0 Å². The molecule has 3 rings (SSSR count). The molecule has 1 aromatic rings. The standard InChI is InChI=1S/C14H16N2O5/c17-13(18)12-7-16(10-3-1-2-4-11(10)21-12)14(19)15-9-5-6-20-8-9/h1-4,9,12H,5-8H2,(H,15,19)(H,17,18). The number of anilines is 1. The molecule has 1 fully saturated rings. The summed E-state index contributed by atoms with van der Waals surface area (Å²) < 4.78 is 10.6. The summed E-state index contributed by atoms with van der Waals surface area (Å²) in [6, 6.07) is 6.55. The Kier molecular flexibility index (Phi) is 3.66. The van der Waals surface area contributed by atoms with E-state index >= 15 is 0 Å². The van der Waals surface area contributed by atoms with Crippen LogP contribution >= 0.6 is 0 Å². The second kappa shape index (κ2) is 5.61. The lowest BCUT2D eigenvalue weighted by atomic mass is 10.2. The second-order valence-corrected chi connectivity index (χ2v) is 5.03. The Morgan fingerprint density at radius 1 is 1.33 bits per heavy atom. The number of benzene rings is 1. The highest BCUT2D eigenvalue weighted by Gasteiger charge is 2.34. The van der Waals surface area contributed by atoms with Crippen LogP contribution in [0.15, 0.2) is 24.3 Å². The predicted octanol–water partition coefficient (Wildman–Crippen LogP) is 0.837. The Hall–Kier alpha value is -2.28. The lowest BCUT2D eigenvalue weighted by molar-refractivity contribution is -0.144. The fraction of sp³-hybridized carbons (Fsp3) is 0.429. The summed E-state index contributed by atoms with van der Waals surface area (Å²) >= 11 is 0. The van der Waals surface area contributed by atoms with Gasteiger partial charge in [0.25, 0.3) is 0 Å². The monoisotopic (exact) mass is 292 g/mol. The molecule has 0 aromatic heterocycles. The smallest absolute Gasteiger partial charge is 0.346 e. The molecule has 1 aromatic carbocycles. The van der Waals surface area contributed by atoms with Crippen molar-refractivity contribution in [1.29, 1.82) is 0 Å². The van der Waals surface area contributed by atoms with Gasteiger partial charge in [0.15, 0.2) is 0 Å². The maximum absolute atomic E-state index is 12.4. The van der Waals surface area contributed by atoms with Crippen molar-refractivity contribution in [2.45, 2.75) is 18.6 Å². The summed E-state index contributed by atoms with van der Waals surface area (Å²) in [7, 11) is 0. The Bertz CT molecular complexity index is 556. The number of nitrogens with zero attached hydrogens (tertiary/aromatic N) is 1. The highest BCUT2D eigenvalue weighted by molar-refractivity contribution is 5.95. The fourth-order valence-corrected chi connectivity index (χ4v) is 2.46. The Morgan fingerprint density at radius 2 is 2.14 bits per heavy atom. The first-order valence-corrected chi connectivity index (χ1v) is 6.79. The normalized spacial score (nSPS) is 24.1. The van der Waals surface area contributed by atoms with Gasteiger partial charge < -0.3 is 19.9 Å². The van der Waals surface area contributed by atoms with Crippen LogP contribution in [0, 0.1) is 0 Å². The molecular formula is C14H16N2O5. The van der Waals surface area contributed by atoms with E-state index in [0.29, 0.717) is 24.7 Å². The zero-order valence-corrected chi connectivity index (χ0v) is 11.3. The highest BCUT2D eigenvalue weighted by atomic mass is 16.5. The van der Waals surface area contributed by atoms with E-state index in [0.717, 1.165) is 6.42 Å². The van der Waals surface area contributed by atoms with E-state index in [4.69, 9.17) is 14.6 Å². The van der Waals surface area contributed by atoms with Crippen molar-refractivity contribution in [1.82, 2.24) is 5.32 Å². The van der Waals surface area contributed by atoms with Crippen molar-refractivity contribution in [3.8, 4) is 5.75 Å². The van der Waals surface area contributed by atoms with E-state index < -0.39 is 12.1 Å². The molecule has 1 saturated heterocycles. The minimum atomic E-state index is -1.09. The molecule has 112 valence electrons. The van der Waals surface area contributed by atoms with Gasteiger partial charge >= 0.3 is 12.0 Å². The number of nitrogens with one attached hydrogen (secondary N) is 1. The summed E-state index contributed by atoms with van der Waals surface area (Å²) in [5, 5.41) is 12.0. The molecule has 2 heterocycles. The fourth-order valence-electron chi connectivity index (χ4n) is 2.46. The number of carbonyl (C=O) groups excluding carboxylic acids is 1. The van der Waals surface area contributed by atoms with Gasteiger partial charge in [0.1, 0.15) is 5.75 Å². The summed E-state index contributed by atoms with van der Waals surface area (Å²) in [4.78, 5) is 25.0. The van der Waals surface area contributed by atoms with E-state index in [1.54, 1.807) is 24.3 Å². The van der Waals surface area contributed by atoms with E-state index in [1.807, 2.05) is 0 Å². The molecule has 2 N–H and O–H groups in total. The molecule has 2 atom stereocenters. The van der Waals surface area contributed by atoms with Crippen LogP contribution in [0.4, 0.5) is 10.5 Å². The molecule has 7 heteroatoms. The van der Waals surface area contributed by atoms with Crippen molar-refractivity contribution in [2.75, 3.05) is 24.7 Å². The van der Waals surface area contributed by atoms with Crippen LogP contribution in [0.25, 0.3) is 0 Å². The maximum Gasteiger partial charge on any atom is 0.346 e. The van der Waals surface area contributed by atoms with Crippen LogP contribution in [-0.4, -0.2) is 49.0 Å². The van der Waals surface area contributed by atoms with Gasteiger partial charge in [0, 0.05) is 6.61 Å². The van der Waals surface area contributed by atoms with Crippen molar-refractivity contribution in [3.63, 3.8) is 0 Å². The predicted molar refractivity (Wildman–Crippen MR) is 73.6 cm³/mol. The van der Waals surface area contributed by atoms with Gasteiger partial charge in [-0.25, -0.2) is 9.59 Å². The highest BCUT2D eigenvalue weighted by Crippen LogP contribution is 2.33. The van der Waals surface area contributed by atoms with Crippen LogP contribution < -0.4 is 15.0 Å². The first kappa shape index (κ1) is 13.7. The number of hydrogen-bond donors (Lipinski definition) is 2. The first-order chi connectivity index (χ1) is 10.1. The number of para-hydroxylation sites is 2. The topological polar surface area (TPSA) is 88.1 Å². The lowest BCUT2D eigenvalue weighted by Gasteiger charge is -2.33. The molecule has 0 bridgehead atoms. The van der Waals surface area contributed by atoms with E-state index in [9.17, 15) is 9.59 Å². The van der Waals surface area contributed by atoms with E-state index in [1.165, 1.54) is 4.90 Å². The number of carbonyl (C=O) groups is 2. The van der Waals surface area contributed by atoms with Crippen molar-refractivity contribution in [2.24, 2.45) is 0 Å². The molecular weight excluding hydrogens is 276 g/mol. The molecule has 2 amide bonds. The Balaban J connectivity index is 1.81. The molecule has 2 aliphatic heterocycles. The van der Waals surface area contributed by atoms with Gasteiger partial charge in [0.05, 0.1) is 24.9 Å². The molecule has 0 radical (unpaired) electrons. The Morgan fingerprint density at radius 3 is 2.86 bits per heavy atom. The quantitative estimate of drug-likeness (QED) is 0.843. The average Bonchev–Trinajstić information content (AvgIpc) is 2.98. The second-order valence-electron chi connectivity index (χ2n) is 5.03. The van der Waals surface area contributed by atoms with Gasteiger partial charge in [-0.1, -0.05) is 12.1 Å². The number of amides is 2. The van der Waals surface area contributed by atoms with Crippen LogP contribution in [-0.2, 0) is 9.53 Å². The van der Waals surface area contributed by atoms with Gasteiger partial charge in [-0.2, -0.15) is 0 Å². The van der Waals surface area contributed by atoms with Crippen LogP contribution in [0.5, 0.6) is 5.75 Å². The first-order valence-electron chi connectivity index (χ1n) is 6.79. The average molecular weight is 292 g/mol. The zero-order chi connectivity index (χ0) is 14.8. The summed E-state index contributed by atoms with van der Waals surface area (Å²) in [5.41, 5.74) is 0.575. The Labute approximate surface area is 121 Å². The molecule has 0 saturated carbocycles. The number of rotatable bonds is 2. The molecule has 2 unspecified atom stereocenters. The molecule has 2 aliphatic rings. The minimum Gasteiger partial charge on any atom is -0.478 e. The van der Waals surface area contributed by atoms with Crippen molar-refractivity contribution >= 4 is 17.7 Å². The van der Waals surface area contributed by atoms with Crippen LogP contribution in [0.2, 0.25) is 0 Å². The van der Waals surface area contributed by atoms with Crippen molar-refractivity contribution < 1.29 is 24.2 Å². The third-order valence-corrected chi connectivity index (χ3v) is 3.55.